The van der Waals surface area contributed by atoms with Crippen LogP contribution in [0.1, 0.15) is 16.1 Å². The van der Waals surface area contributed by atoms with Gasteiger partial charge in [0.15, 0.2) is 4.67 Å². The fourth-order valence-corrected chi connectivity index (χ4v) is 1.22. The van der Waals surface area contributed by atoms with Gasteiger partial charge in [0.05, 0.1) is 7.11 Å². The summed E-state index contributed by atoms with van der Waals surface area (Å²) in [6.45, 7) is -0.323. The number of esters is 1. The van der Waals surface area contributed by atoms with Gasteiger partial charge in [-0.1, -0.05) is 0 Å². The Morgan fingerprint density at radius 3 is 3.00 bits per heavy atom. The molecule has 0 bridgehead atoms. The van der Waals surface area contributed by atoms with Gasteiger partial charge in [-0.25, -0.2) is 4.79 Å². The molecule has 0 aromatic carbocycles. The number of halogens is 1. The van der Waals surface area contributed by atoms with Gasteiger partial charge in [-0.3, -0.25) is 0 Å². The number of furan rings is 1. The normalized spacial score (nSPS) is 9.92. The zero-order chi connectivity index (χ0) is 9.14. The van der Waals surface area contributed by atoms with Crippen LogP contribution in [0, 0.1) is 0 Å². The minimum Gasteiger partial charge on any atom is -0.465 e. The van der Waals surface area contributed by atoms with Gasteiger partial charge in [0, 0.05) is 6.07 Å². The smallest absolute Gasteiger partial charge is 0.341 e. The van der Waals surface area contributed by atoms with Crippen molar-refractivity contribution in [3.63, 3.8) is 0 Å². The standard InChI is InChI=1S/C7H7BrO4/c1-11-7(10)4-2-6(8)12-5(4)3-9/h2,9H,3H2,1H3. The average molecular weight is 235 g/mol. The predicted molar refractivity (Wildman–Crippen MR) is 43.7 cm³/mol. The summed E-state index contributed by atoms with van der Waals surface area (Å²) in [5.41, 5.74) is 0.242. The summed E-state index contributed by atoms with van der Waals surface area (Å²) < 4.78 is 9.81. The van der Waals surface area contributed by atoms with E-state index in [-0.39, 0.29) is 17.9 Å². The average Bonchev–Trinajstić information content (AvgIpc) is 2.45. The molecule has 0 aliphatic carbocycles. The van der Waals surface area contributed by atoms with E-state index in [1.807, 2.05) is 0 Å². The molecule has 1 N–H and O–H groups in total. The lowest BCUT2D eigenvalue weighted by atomic mass is 10.2. The zero-order valence-electron chi connectivity index (χ0n) is 6.33. The third-order valence-electron chi connectivity index (χ3n) is 1.33. The Kier molecular flexibility index (Phi) is 2.88. The minimum atomic E-state index is -0.520. The van der Waals surface area contributed by atoms with Crippen molar-refractivity contribution in [2.24, 2.45) is 0 Å². The van der Waals surface area contributed by atoms with E-state index >= 15 is 0 Å². The molecule has 0 fully saturated rings. The molecule has 1 rings (SSSR count). The van der Waals surface area contributed by atoms with Crippen LogP contribution in [-0.4, -0.2) is 18.2 Å². The monoisotopic (exact) mass is 234 g/mol. The van der Waals surface area contributed by atoms with Crippen molar-refractivity contribution in [3.8, 4) is 0 Å². The van der Waals surface area contributed by atoms with Crippen molar-refractivity contribution >= 4 is 21.9 Å². The molecule has 66 valence electrons. The summed E-state index contributed by atoms with van der Waals surface area (Å²) in [5, 5.41) is 8.75. The third kappa shape index (κ3) is 1.67. The predicted octanol–water partition coefficient (Wildman–Crippen LogP) is 1.32. The highest BCUT2D eigenvalue weighted by Crippen LogP contribution is 2.20. The number of aliphatic hydroxyl groups excluding tert-OH is 1. The largest absolute Gasteiger partial charge is 0.465 e. The quantitative estimate of drug-likeness (QED) is 0.785. The van der Waals surface area contributed by atoms with Gasteiger partial charge < -0.3 is 14.3 Å². The van der Waals surface area contributed by atoms with E-state index in [2.05, 4.69) is 20.7 Å². The van der Waals surface area contributed by atoms with Gasteiger partial charge in [-0.2, -0.15) is 0 Å². The highest BCUT2D eigenvalue weighted by molar-refractivity contribution is 9.10. The minimum absolute atomic E-state index is 0.203. The van der Waals surface area contributed by atoms with E-state index in [1.54, 1.807) is 0 Å². The summed E-state index contributed by atoms with van der Waals surface area (Å²) in [6.07, 6.45) is 0. The van der Waals surface area contributed by atoms with Crippen molar-refractivity contribution in [1.29, 1.82) is 0 Å². The molecule has 0 aliphatic heterocycles. The fourth-order valence-electron chi connectivity index (χ4n) is 0.796. The molecule has 0 spiro atoms. The van der Waals surface area contributed by atoms with Crippen LogP contribution in [-0.2, 0) is 11.3 Å². The lowest BCUT2D eigenvalue weighted by molar-refractivity contribution is 0.0594. The van der Waals surface area contributed by atoms with E-state index in [1.165, 1.54) is 13.2 Å². The van der Waals surface area contributed by atoms with E-state index in [0.29, 0.717) is 4.67 Å². The van der Waals surface area contributed by atoms with E-state index in [9.17, 15) is 4.79 Å². The molecular formula is C7H7BrO4. The van der Waals surface area contributed by atoms with Gasteiger partial charge in [0.25, 0.3) is 0 Å². The number of hydrogen-bond donors (Lipinski definition) is 1. The first-order valence-corrected chi connectivity index (χ1v) is 3.95. The number of methoxy groups -OCH3 is 1. The van der Waals surface area contributed by atoms with Crippen molar-refractivity contribution in [1.82, 2.24) is 0 Å². The second-order valence-corrected chi connectivity index (χ2v) is 2.82. The lowest BCUT2D eigenvalue weighted by Gasteiger charge is -1.95. The number of ether oxygens (including phenoxy) is 1. The Labute approximate surface area is 77.3 Å². The molecule has 1 aromatic heterocycles. The van der Waals surface area contributed by atoms with Crippen molar-refractivity contribution in [2.45, 2.75) is 6.61 Å². The van der Waals surface area contributed by atoms with E-state index < -0.39 is 5.97 Å². The number of carbonyl (C=O) groups excluding carboxylic acids is 1. The number of hydrogen-bond acceptors (Lipinski definition) is 4. The molecule has 12 heavy (non-hydrogen) atoms. The van der Waals surface area contributed by atoms with Crippen molar-refractivity contribution in [2.75, 3.05) is 7.11 Å². The Hall–Kier alpha value is -0.810. The SMILES string of the molecule is COC(=O)c1cc(Br)oc1CO. The maximum absolute atomic E-state index is 11.0. The highest BCUT2D eigenvalue weighted by Gasteiger charge is 2.16. The first kappa shape index (κ1) is 9.28. The molecule has 1 heterocycles. The molecule has 0 unspecified atom stereocenters. The van der Waals surface area contributed by atoms with Crippen LogP contribution in [0.5, 0.6) is 0 Å². The topological polar surface area (TPSA) is 59.7 Å². The molecule has 0 atom stereocenters. The number of aliphatic hydroxyl groups is 1. The van der Waals surface area contributed by atoms with Crippen LogP contribution in [0.2, 0.25) is 0 Å². The van der Waals surface area contributed by atoms with Crippen LogP contribution in [0.4, 0.5) is 0 Å². The summed E-state index contributed by atoms with van der Waals surface area (Å²) in [4.78, 5) is 11.0. The Morgan fingerprint density at radius 2 is 2.50 bits per heavy atom. The molecule has 0 saturated carbocycles. The Bertz CT molecular complexity index is 292. The maximum Gasteiger partial charge on any atom is 0.341 e. The van der Waals surface area contributed by atoms with Crippen LogP contribution in [0.25, 0.3) is 0 Å². The van der Waals surface area contributed by atoms with Gasteiger partial charge in [0.1, 0.15) is 17.9 Å². The summed E-state index contributed by atoms with van der Waals surface area (Å²) in [7, 11) is 1.27. The molecule has 1 aromatic rings. The van der Waals surface area contributed by atoms with Crippen LogP contribution >= 0.6 is 15.9 Å². The zero-order valence-corrected chi connectivity index (χ0v) is 7.92. The van der Waals surface area contributed by atoms with Crippen molar-refractivity contribution in [3.05, 3.63) is 22.1 Å². The molecular weight excluding hydrogens is 228 g/mol. The number of rotatable bonds is 2. The van der Waals surface area contributed by atoms with Gasteiger partial charge >= 0.3 is 5.97 Å². The lowest BCUT2D eigenvalue weighted by Crippen LogP contribution is -2.02. The second-order valence-electron chi connectivity index (χ2n) is 2.04. The summed E-state index contributed by atoms with van der Waals surface area (Å²) >= 11 is 3.04. The first-order chi connectivity index (χ1) is 5.69. The van der Waals surface area contributed by atoms with Crippen molar-refractivity contribution < 1.29 is 19.1 Å². The molecule has 0 aliphatic rings. The van der Waals surface area contributed by atoms with E-state index in [0.717, 1.165) is 0 Å². The molecule has 0 saturated heterocycles. The van der Waals surface area contributed by atoms with Gasteiger partial charge in [-0.15, -0.1) is 0 Å². The summed E-state index contributed by atoms with van der Waals surface area (Å²) in [5.74, 6) is -0.317. The van der Waals surface area contributed by atoms with Crippen LogP contribution in [0.3, 0.4) is 0 Å². The highest BCUT2D eigenvalue weighted by atomic mass is 79.9. The molecule has 0 amide bonds. The molecule has 0 radical (unpaired) electrons. The van der Waals surface area contributed by atoms with Gasteiger partial charge in [-0.05, 0) is 15.9 Å². The maximum atomic E-state index is 11.0. The second kappa shape index (κ2) is 3.73. The fraction of sp³-hybridized carbons (Fsp3) is 0.286. The van der Waals surface area contributed by atoms with E-state index in [4.69, 9.17) is 9.52 Å². The third-order valence-corrected chi connectivity index (χ3v) is 1.72. The molecule has 5 heteroatoms. The molecule has 4 nitrogen and oxygen atoms in total. The number of carbonyl (C=O) groups is 1. The van der Waals surface area contributed by atoms with Gasteiger partial charge in [0.2, 0.25) is 0 Å². The Morgan fingerprint density at radius 1 is 1.83 bits per heavy atom. The Balaban J connectivity index is 3.04. The van der Waals surface area contributed by atoms with Crippen LogP contribution < -0.4 is 0 Å². The van der Waals surface area contributed by atoms with Crippen LogP contribution in [0.15, 0.2) is 15.2 Å². The summed E-state index contributed by atoms with van der Waals surface area (Å²) in [6, 6.07) is 1.46. The first-order valence-electron chi connectivity index (χ1n) is 3.16.